The van der Waals surface area contributed by atoms with Gasteiger partial charge in [0.05, 0.1) is 23.0 Å². The van der Waals surface area contributed by atoms with Gasteiger partial charge in [0.15, 0.2) is 5.82 Å². The van der Waals surface area contributed by atoms with Crippen molar-refractivity contribution in [2.24, 2.45) is 0 Å². The maximum atomic E-state index is 12.1. The van der Waals surface area contributed by atoms with Crippen molar-refractivity contribution in [3.05, 3.63) is 90.4 Å². The van der Waals surface area contributed by atoms with Crippen LogP contribution in [0.1, 0.15) is 11.1 Å². The molecule has 4 aromatic rings. The summed E-state index contributed by atoms with van der Waals surface area (Å²) in [6.07, 6.45) is 5.91. The van der Waals surface area contributed by atoms with Gasteiger partial charge in [-0.3, -0.25) is 14.7 Å². The Labute approximate surface area is 180 Å². The van der Waals surface area contributed by atoms with E-state index in [-0.39, 0.29) is 12.4 Å². The van der Waals surface area contributed by atoms with Crippen molar-refractivity contribution in [2.45, 2.75) is 6.54 Å². The number of anilines is 3. The Morgan fingerprint density at radius 2 is 1.70 bits per heavy atom. The molecule has 0 spiro atoms. The highest BCUT2D eigenvalue weighted by Gasteiger charge is 2.17. The van der Waals surface area contributed by atoms with Crippen LogP contribution in [0.3, 0.4) is 0 Å². The van der Waals surface area contributed by atoms with Gasteiger partial charge in [-0.2, -0.15) is 5.26 Å². The van der Waals surface area contributed by atoms with Gasteiger partial charge in [-0.15, -0.1) is 12.4 Å². The number of amides is 1. The van der Waals surface area contributed by atoms with Crippen LogP contribution in [0, 0.1) is 11.3 Å². The molecule has 0 atom stereocenters. The third-order valence-electron chi connectivity index (χ3n) is 4.64. The fraction of sp³-hybridized carbons (Fsp3) is 0.0435. The first-order valence-corrected chi connectivity index (χ1v) is 9.06. The Morgan fingerprint density at radius 3 is 2.43 bits per heavy atom. The zero-order valence-corrected chi connectivity index (χ0v) is 16.7. The van der Waals surface area contributed by atoms with Crippen LogP contribution in [0.15, 0.2) is 79.3 Å². The van der Waals surface area contributed by atoms with E-state index < -0.39 is 0 Å². The van der Waals surface area contributed by atoms with Gasteiger partial charge >= 0.3 is 0 Å². The molecule has 148 valence electrons. The molecule has 2 aromatic carbocycles. The number of benzene rings is 2. The summed E-state index contributed by atoms with van der Waals surface area (Å²) in [5.41, 5.74) is 2.94. The van der Waals surface area contributed by atoms with E-state index in [1.54, 1.807) is 41.7 Å². The summed E-state index contributed by atoms with van der Waals surface area (Å²) in [6, 6.07) is 20.7. The van der Waals surface area contributed by atoms with Crippen molar-refractivity contribution in [2.75, 3.05) is 10.2 Å². The summed E-state index contributed by atoms with van der Waals surface area (Å²) >= 11 is 0. The molecule has 30 heavy (non-hydrogen) atoms. The normalized spacial score (nSPS) is 9.97. The number of aromatic nitrogens is 2. The van der Waals surface area contributed by atoms with Gasteiger partial charge in [-0.1, -0.05) is 24.3 Å². The number of nitrogens with zero attached hydrogens (tertiary/aromatic N) is 4. The highest BCUT2D eigenvalue weighted by Crippen LogP contribution is 2.35. The minimum atomic E-state index is 0. The molecule has 7 heteroatoms. The molecule has 4 rings (SSSR count). The third-order valence-corrected chi connectivity index (χ3v) is 4.64. The van der Waals surface area contributed by atoms with E-state index in [1.807, 2.05) is 42.5 Å². The van der Waals surface area contributed by atoms with Crippen LogP contribution in [0.4, 0.5) is 17.2 Å². The summed E-state index contributed by atoms with van der Waals surface area (Å²) in [5, 5.41) is 14.3. The van der Waals surface area contributed by atoms with E-state index in [0.717, 1.165) is 22.7 Å². The first-order valence-electron chi connectivity index (χ1n) is 9.06. The first kappa shape index (κ1) is 20.8. The van der Waals surface area contributed by atoms with E-state index in [0.29, 0.717) is 29.3 Å². The van der Waals surface area contributed by atoms with Crippen molar-refractivity contribution in [1.82, 2.24) is 9.97 Å². The second-order valence-corrected chi connectivity index (χ2v) is 6.35. The van der Waals surface area contributed by atoms with Crippen molar-refractivity contribution in [1.29, 1.82) is 5.26 Å². The summed E-state index contributed by atoms with van der Waals surface area (Å²) in [4.78, 5) is 22.1. The van der Waals surface area contributed by atoms with Crippen molar-refractivity contribution in [3.8, 4) is 6.07 Å². The first-order chi connectivity index (χ1) is 14.3. The molecule has 0 fully saturated rings. The predicted molar refractivity (Wildman–Crippen MR) is 120 cm³/mol. The van der Waals surface area contributed by atoms with Crippen LogP contribution in [0.2, 0.25) is 0 Å². The highest BCUT2D eigenvalue weighted by atomic mass is 35.5. The highest BCUT2D eigenvalue weighted by molar-refractivity contribution is 6.05. The standard InChI is InChI=1S/C23H17N5O.ClH/c24-14-18-7-8-21(20-5-2-1-4-19(18)20)28(16-29)22-6-3-11-26-23(22)27-15-17-9-12-25-13-10-17;/h1-13,16H,15H2,(H,26,27);1H. The number of nitrogens with one attached hydrogen (secondary N) is 1. The molecule has 0 saturated carbocycles. The molecule has 0 unspecified atom stereocenters. The lowest BCUT2D eigenvalue weighted by molar-refractivity contribution is -0.106. The Balaban J connectivity index is 0.00000256. The van der Waals surface area contributed by atoms with Crippen LogP contribution >= 0.6 is 12.4 Å². The molecule has 2 heterocycles. The second-order valence-electron chi connectivity index (χ2n) is 6.35. The topological polar surface area (TPSA) is 81.9 Å². The largest absolute Gasteiger partial charge is 0.364 e. The van der Waals surface area contributed by atoms with Crippen LogP contribution in [0.5, 0.6) is 0 Å². The van der Waals surface area contributed by atoms with Gasteiger partial charge in [-0.25, -0.2) is 4.98 Å². The monoisotopic (exact) mass is 415 g/mol. The van der Waals surface area contributed by atoms with E-state index in [4.69, 9.17) is 0 Å². The van der Waals surface area contributed by atoms with Crippen LogP contribution in [-0.2, 0) is 11.3 Å². The van der Waals surface area contributed by atoms with E-state index >= 15 is 0 Å². The van der Waals surface area contributed by atoms with Crippen LogP contribution in [0.25, 0.3) is 10.8 Å². The smallest absolute Gasteiger partial charge is 0.218 e. The summed E-state index contributed by atoms with van der Waals surface area (Å²) in [6.45, 7) is 0.549. The van der Waals surface area contributed by atoms with Crippen molar-refractivity contribution >= 4 is 46.8 Å². The Kier molecular flexibility index (Phi) is 6.58. The maximum Gasteiger partial charge on any atom is 0.218 e. The van der Waals surface area contributed by atoms with Gasteiger partial charge in [0, 0.05) is 35.9 Å². The Hall–Kier alpha value is -3.95. The van der Waals surface area contributed by atoms with Gasteiger partial charge in [-0.05, 0) is 42.0 Å². The van der Waals surface area contributed by atoms with Crippen molar-refractivity contribution < 1.29 is 4.79 Å². The molecule has 1 amide bonds. The number of pyridine rings is 2. The molecule has 1 N–H and O–H groups in total. The Morgan fingerprint density at radius 1 is 0.933 bits per heavy atom. The predicted octanol–water partition coefficient (Wildman–Crippen LogP) is 4.83. The van der Waals surface area contributed by atoms with Gasteiger partial charge < -0.3 is 5.32 Å². The summed E-state index contributed by atoms with van der Waals surface area (Å²) < 4.78 is 0. The van der Waals surface area contributed by atoms with Gasteiger partial charge in [0.1, 0.15) is 0 Å². The zero-order valence-electron chi connectivity index (χ0n) is 15.9. The SMILES string of the molecule is Cl.N#Cc1ccc(N(C=O)c2cccnc2NCc2ccncc2)c2ccccc12. The maximum absolute atomic E-state index is 12.1. The van der Waals surface area contributed by atoms with Crippen molar-refractivity contribution in [3.63, 3.8) is 0 Å². The second kappa shape index (κ2) is 9.50. The molecule has 0 aliphatic rings. The zero-order chi connectivity index (χ0) is 20.1. The average Bonchev–Trinajstić information content (AvgIpc) is 2.79. The molecule has 0 aliphatic carbocycles. The number of halogens is 1. The number of hydrogen-bond donors (Lipinski definition) is 1. The molecule has 0 aliphatic heterocycles. The Bertz CT molecular complexity index is 1210. The third kappa shape index (κ3) is 4.07. The molecule has 6 nitrogen and oxygen atoms in total. The number of carbonyl (C=O) groups is 1. The number of carbonyl (C=O) groups excluding carboxylic acids is 1. The van der Waals surface area contributed by atoms with Crippen LogP contribution in [-0.4, -0.2) is 16.4 Å². The fourth-order valence-corrected chi connectivity index (χ4v) is 3.25. The van der Waals surface area contributed by atoms with E-state index in [1.165, 1.54) is 0 Å². The molecule has 0 bridgehead atoms. The van der Waals surface area contributed by atoms with Gasteiger partial charge in [0.2, 0.25) is 6.41 Å². The number of fused-ring (bicyclic) bond motifs is 1. The lowest BCUT2D eigenvalue weighted by atomic mass is 10.0. The minimum Gasteiger partial charge on any atom is -0.364 e. The number of hydrogen-bond acceptors (Lipinski definition) is 5. The van der Waals surface area contributed by atoms with E-state index in [9.17, 15) is 10.1 Å². The molecule has 2 aromatic heterocycles. The number of rotatable bonds is 6. The quantitative estimate of drug-likeness (QED) is 0.456. The summed E-state index contributed by atoms with van der Waals surface area (Å²) in [5.74, 6) is 0.588. The molecule has 0 saturated heterocycles. The molecular weight excluding hydrogens is 398 g/mol. The lowest BCUT2D eigenvalue weighted by Gasteiger charge is -2.22. The lowest BCUT2D eigenvalue weighted by Crippen LogP contribution is -2.17. The van der Waals surface area contributed by atoms with Crippen LogP contribution < -0.4 is 10.2 Å². The fourth-order valence-electron chi connectivity index (χ4n) is 3.25. The average molecular weight is 416 g/mol. The van der Waals surface area contributed by atoms with E-state index in [2.05, 4.69) is 21.4 Å². The minimum absolute atomic E-state index is 0. The number of nitriles is 1. The molecule has 0 radical (unpaired) electrons. The molecular formula is C23H18ClN5O. The van der Waals surface area contributed by atoms with Gasteiger partial charge in [0.25, 0.3) is 0 Å². The summed E-state index contributed by atoms with van der Waals surface area (Å²) in [7, 11) is 0.